The van der Waals surface area contributed by atoms with Crippen molar-refractivity contribution >= 4 is 17.5 Å². The van der Waals surface area contributed by atoms with Crippen LogP contribution in [0.3, 0.4) is 0 Å². The average molecular weight is 292 g/mol. The van der Waals surface area contributed by atoms with E-state index in [1.54, 1.807) is 0 Å². The van der Waals surface area contributed by atoms with Crippen LogP contribution in [0, 0.1) is 23.4 Å². The molecule has 0 spiro atoms. The van der Waals surface area contributed by atoms with Crippen molar-refractivity contribution in [1.29, 1.82) is 0 Å². The third-order valence-electron chi connectivity index (χ3n) is 3.42. The molecule has 2 nitrogen and oxygen atoms in total. The number of hydrogen-bond donors (Lipinski definition) is 0. The largest absolute Gasteiger partial charge is 0.337 e. The molecule has 1 amide bonds. The van der Waals surface area contributed by atoms with Gasteiger partial charge in [-0.1, -0.05) is 6.92 Å². The molecule has 0 N–H and O–H groups in total. The van der Waals surface area contributed by atoms with Gasteiger partial charge in [-0.25, -0.2) is 13.2 Å². The molecule has 1 aromatic carbocycles. The Morgan fingerprint density at radius 3 is 2.63 bits per heavy atom. The molecule has 1 heterocycles. The van der Waals surface area contributed by atoms with E-state index < -0.39 is 28.9 Å². The summed E-state index contributed by atoms with van der Waals surface area (Å²) in [5.41, 5.74) is -0.461. The number of carbonyl (C=O) groups is 1. The molecule has 0 saturated carbocycles. The van der Waals surface area contributed by atoms with Gasteiger partial charge in [0.05, 0.1) is 10.9 Å². The second kappa shape index (κ2) is 5.41. The number of rotatable bonds is 1. The molecule has 2 unspecified atom stereocenters. The highest BCUT2D eigenvalue weighted by atomic mass is 35.5. The molecular formula is C13H13ClF3NO. The van der Waals surface area contributed by atoms with Gasteiger partial charge in [0.25, 0.3) is 5.91 Å². The predicted octanol–water partition coefficient (Wildman–Crippen LogP) is 3.19. The molecule has 0 radical (unpaired) electrons. The van der Waals surface area contributed by atoms with E-state index >= 15 is 0 Å². The zero-order valence-electron chi connectivity index (χ0n) is 10.3. The number of amides is 1. The van der Waals surface area contributed by atoms with E-state index in [-0.39, 0.29) is 17.8 Å². The molecule has 1 aliphatic rings. The zero-order chi connectivity index (χ0) is 14.2. The van der Waals surface area contributed by atoms with Gasteiger partial charge in [0.15, 0.2) is 17.5 Å². The number of halogens is 4. The molecule has 2 rings (SSSR count). The van der Waals surface area contributed by atoms with Gasteiger partial charge in [0.1, 0.15) is 0 Å². The van der Waals surface area contributed by atoms with Crippen molar-refractivity contribution in [2.24, 2.45) is 5.92 Å². The van der Waals surface area contributed by atoms with Gasteiger partial charge < -0.3 is 4.90 Å². The van der Waals surface area contributed by atoms with E-state index in [1.807, 2.05) is 6.92 Å². The van der Waals surface area contributed by atoms with E-state index in [0.29, 0.717) is 13.0 Å². The normalized spacial score (nSPS) is 23.5. The molecule has 19 heavy (non-hydrogen) atoms. The van der Waals surface area contributed by atoms with Gasteiger partial charge in [-0.15, -0.1) is 11.6 Å². The van der Waals surface area contributed by atoms with Crippen LogP contribution in [0.2, 0.25) is 0 Å². The maximum Gasteiger partial charge on any atom is 0.256 e. The topological polar surface area (TPSA) is 20.3 Å². The second-order valence-corrected chi connectivity index (χ2v) is 5.32. The predicted molar refractivity (Wildman–Crippen MR) is 65.6 cm³/mol. The van der Waals surface area contributed by atoms with E-state index in [2.05, 4.69) is 0 Å². The third kappa shape index (κ3) is 2.71. The number of alkyl halides is 1. The Morgan fingerprint density at radius 2 is 2.00 bits per heavy atom. The fourth-order valence-electron chi connectivity index (χ4n) is 2.07. The molecule has 1 saturated heterocycles. The summed E-state index contributed by atoms with van der Waals surface area (Å²) in [6.07, 6.45) is 0.700. The third-order valence-corrected chi connectivity index (χ3v) is 3.99. The lowest BCUT2D eigenvalue weighted by molar-refractivity contribution is 0.0695. The minimum Gasteiger partial charge on any atom is -0.337 e. The maximum absolute atomic E-state index is 13.5. The smallest absolute Gasteiger partial charge is 0.256 e. The summed E-state index contributed by atoms with van der Waals surface area (Å²) in [5.74, 6) is -4.78. The van der Waals surface area contributed by atoms with Crippen LogP contribution in [0.1, 0.15) is 23.7 Å². The van der Waals surface area contributed by atoms with Crippen molar-refractivity contribution in [2.45, 2.75) is 18.7 Å². The van der Waals surface area contributed by atoms with Crippen molar-refractivity contribution in [2.75, 3.05) is 13.1 Å². The van der Waals surface area contributed by atoms with E-state index in [0.717, 1.165) is 12.1 Å². The summed E-state index contributed by atoms with van der Waals surface area (Å²) in [4.78, 5) is 13.4. The summed E-state index contributed by atoms with van der Waals surface area (Å²) < 4.78 is 39.5. The first-order valence-corrected chi connectivity index (χ1v) is 6.42. The van der Waals surface area contributed by atoms with Crippen LogP contribution in [-0.2, 0) is 0 Å². The molecule has 0 aromatic heterocycles. The lowest BCUT2D eigenvalue weighted by Crippen LogP contribution is -2.44. The van der Waals surface area contributed by atoms with Gasteiger partial charge in [-0.05, 0) is 24.5 Å². The van der Waals surface area contributed by atoms with Crippen LogP contribution in [-0.4, -0.2) is 29.3 Å². The Bertz CT molecular complexity index is 509. The molecule has 2 atom stereocenters. The van der Waals surface area contributed by atoms with Crippen LogP contribution in [0.15, 0.2) is 12.1 Å². The van der Waals surface area contributed by atoms with Crippen LogP contribution >= 0.6 is 11.6 Å². The molecule has 0 aliphatic carbocycles. The minimum atomic E-state index is -1.63. The number of likely N-dealkylation sites (tertiary alicyclic amines) is 1. The standard InChI is InChI=1S/C13H13ClF3NO/c1-7-4-5-18(6-9(7)14)13(19)8-2-3-10(15)12(17)11(8)16/h2-3,7,9H,4-6H2,1H3. The lowest BCUT2D eigenvalue weighted by Gasteiger charge is -2.34. The van der Waals surface area contributed by atoms with Crippen LogP contribution in [0.25, 0.3) is 0 Å². The fraction of sp³-hybridized carbons (Fsp3) is 0.462. The van der Waals surface area contributed by atoms with Crippen molar-refractivity contribution in [1.82, 2.24) is 4.90 Å². The van der Waals surface area contributed by atoms with Crippen LogP contribution < -0.4 is 0 Å². The second-order valence-electron chi connectivity index (χ2n) is 4.76. The van der Waals surface area contributed by atoms with Crippen molar-refractivity contribution in [3.63, 3.8) is 0 Å². The molecule has 104 valence electrons. The van der Waals surface area contributed by atoms with Crippen molar-refractivity contribution in [3.8, 4) is 0 Å². The van der Waals surface area contributed by atoms with Crippen molar-refractivity contribution in [3.05, 3.63) is 35.1 Å². The molecule has 1 aromatic rings. The Kier molecular flexibility index (Phi) is 4.04. The number of piperidine rings is 1. The Hall–Kier alpha value is -1.23. The highest BCUT2D eigenvalue weighted by Gasteiger charge is 2.30. The van der Waals surface area contributed by atoms with Gasteiger partial charge in [0.2, 0.25) is 0 Å². The summed E-state index contributed by atoms with van der Waals surface area (Å²) in [5, 5.41) is -0.217. The molecule has 1 aliphatic heterocycles. The van der Waals surface area contributed by atoms with E-state index in [1.165, 1.54) is 4.90 Å². The first kappa shape index (κ1) is 14.2. The van der Waals surface area contributed by atoms with Gasteiger partial charge in [-0.3, -0.25) is 4.79 Å². The summed E-state index contributed by atoms with van der Waals surface area (Å²) in [6.45, 7) is 2.68. The van der Waals surface area contributed by atoms with Crippen LogP contribution in [0.5, 0.6) is 0 Å². The number of nitrogens with zero attached hydrogens (tertiary/aromatic N) is 1. The molecule has 0 bridgehead atoms. The van der Waals surface area contributed by atoms with E-state index in [9.17, 15) is 18.0 Å². The number of hydrogen-bond acceptors (Lipinski definition) is 1. The van der Waals surface area contributed by atoms with Crippen LogP contribution in [0.4, 0.5) is 13.2 Å². The summed E-state index contributed by atoms with van der Waals surface area (Å²) in [7, 11) is 0. The first-order valence-electron chi connectivity index (χ1n) is 5.98. The Labute approximate surface area is 114 Å². The Balaban J connectivity index is 2.23. The monoisotopic (exact) mass is 291 g/mol. The SMILES string of the molecule is CC1CCN(C(=O)c2ccc(F)c(F)c2F)CC1Cl. The molecule has 6 heteroatoms. The fourth-order valence-corrected chi connectivity index (χ4v) is 2.36. The Morgan fingerprint density at radius 1 is 1.32 bits per heavy atom. The summed E-state index contributed by atoms with van der Waals surface area (Å²) >= 11 is 6.07. The summed E-state index contributed by atoms with van der Waals surface area (Å²) in [6, 6.07) is 1.70. The minimum absolute atomic E-state index is 0.217. The zero-order valence-corrected chi connectivity index (χ0v) is 11.1. The van der Waals surface area contributed by atoms with E-state index in [4.69, 9.17) is 11.6 Å². The lowest BCUT2D eigenvalue weighted by atomic mass is 9.98. The quantitative estimate of drug-likeness (QED) is 0.575. The molecule has 1 fully saturated rings. The number of carbonyl (C=O) groups excluding carboxylic acids is 1. The molecular weight excluding hydrogens is 279 g/mol. The van der Waals surface area contributed by atoms with Crippen molar-refractivity contribution < 1.29 is 18.0 Å². The van der Waals surface area contributed by atoms with Gasteiger partial charge >= 0.3 is 0 Å². The highest BCUT2D eigenvalue weighted by Crippen LogP contribution is 2.24. The highest BCUT2D eigenvalue weighted by molar-refractivity contribution is 6.21. The first-order chi connectivity index (χ1) is 8.91. The van der Waals surface area contributed by atoms with Gasteiger partial charge in [0, 0.05) is 13.1 Å². The maximum atomic E-state index is 13.5. The number of benzene rings is 1. The average Bonchev–Trinajstić information content (AvgIpc) is 2.39. The van der Waals surface area contributed by atoms with Gasteiger partial charge in [-0.2, -0.15) is 0 Å².